The maximum absolute atomic E-state index is 13.1. The van der Waals surface area contributed by atoms with Gasteiger partial charge in [0, 0.05) is 25.7 Å². The molecular formula is C13H19FN2O2S. The summed E-state index contributed by atoms with van der Waals surface area (Å²) in [6.45, 7) is 1.88. The summed E-state index contributed by atoms with van der Waals surface area (Å²) >= 11 is 0. The first kappa shape index (κ1) is 14.4. The summed E-state index contributed by atoms with van der Waals surface area (Å²) in [5.41, 5.74) is 6.80. The van der Waals surface area contributed by atoms with Gasteiger partial charge >= 0.3 is 0 Å². The molecule has 1 unspecified atom stereocenters. The molecule has 0 aliphatic carbocycles. The molecule has 1 aromatic carbocycles. The summed E-state index contributed by atoms with van der Waals surface area (Å²) < 4.78 is 35.7. The Morgan fingerprint density at radius 3 is 2.63 bits per heavy atom. The Bertz CT molecular complexity index is 519. The summed E-state index contributed by atoms with van der Waals surface area (Å²) in [7, 11) is -2.83. The van der Waals surface area contributed by atoms with E-state index in [1.54, 1.807) is 6.07 Å². The van der Waals surface area contributed by atoms with E-state index in [1.165, 1.54) is 12.1 Å². The van der Waals surface area contributed by atoms with Crippen LogP contribution >= 0.6 is 0 Å². The lowest BCUT2D eigenvalue weighted by molar-refractivity contribution is 0.283. The monoisotopic (exact) mass is 286 g/mol. The average molecular weight is 286 g/mol. The molecule has 0 aromatic heterocycles. The van der Waals surface area contributed by atoms with Crippen molar-refractivity contribution in [2.75, 3.05) is 31.1 Å². The van der Waals surface area contributed by atoms with Crippen molar-refractivity contribution in [3.8, 4) is 0 Å². The molecule has 1 fully saturated rings. The number of hydrogen-bond acceptors (Lipinski definition) is 4. The quantitative estimate of drug-likeness (QED) is 0.895. The second-order valence-electron chi connectivity index (χ2n) is 4.94. The van der Waals surface area contributed by atoms with Gasteiger partial charge in [-0.25, -0.2) is 12.8 Å². The average Bonchev–Trinajstić information content (AvgIpc) is 2.37. The van der Waals surface area contributed by atoms with Crippen molar-refractivity contribution in [2.45, 2.75) is 12.5 Å². The Morgan fingerprint density at radius 2 is 2.00 bits per heavy atom. The van der Waals surface area contributed by atoms with Gasteiger partial charge in [0.2, 0.25) is 0 Å². The van der Waals surface area contributed by atoms with Crippen LogP contribution in [-0.2, 0) is 9.84 Å². The van der Waals surface area contributed by atoms with E-state index in [-0.39, 0.29) is 23.4 Å². The minimum absolute atomic E-state index is 0.214. The van der Waals surface area contributed by atoms with Crippen LogP contribution in [0.4, 0.5) is 4.39 Å². The maximum atomic E-state index is 13.1. The van der Waals surface area contributed by atoms with Crippen molar-refractivity contribution in [1.29, 1.82) is 0 Å². The topological polar surface area (TPSA) is 63.4 Å². The zero-order chi connectivity index (χ0) is 13.9. The third kappa shape index (κ3) is 4.26. The van der Waals surface area contributed by atoms with Crippen LogP contribution in [0.3, 0.4) is 0 Å². The van der Waals surface area contributed by atoms with E-state index in [0.717, 1.165) is 12.1 Å². The summed E-state index contributed by atoms with van der Waals surface area (Å²) in [5, 5.41) is 0. The van der Waals surface area contributed by atoms with E-state index in [2.05, 4.69) is 4.90 Å². The van der Waals surface area contributed by atoms with Crippen LogP contribution in [0.1, 0.15) is 18.0 Å². The molecule has 1 aliphatic heterocycles. The van der Waals surface area contributed by atoms with Crippen LogP contribution in [-0.4, -0.2) is 44.5 Å². The third-order valence-corrected chi connectivity index (χ3v) is 5.08. The van der Waals surface area contributed by atoms with Gasteiger partial charge in [0.25, 0.3) is 0 Å². The molecule has 1 atom stereocenters. The van der Waals surface area contributed by atoms with Gasteiger partial charge in [0.05, 0.1) is 11.5 Å². The van der Waals surface area contributed by atoms with Crippen LogP contribution < -0.4 is 5.73 Å². The molecule has 1 aliphatic rings. The SMILES string of the molecule is NC(CCN1CCS(=O)(=O)CC1)c1cccc(F)c1. The first-order valence-corrected chi connectivity index (χ1v) is 8.22. The van der Waals surface area contributed by atoms with Gasteiger partial charge in [0.1, 0.15) is 5.82 Å². The number of hydrogen-bond donors (Lipinski definition) is 1. The smallest absolute Gasteiger partial charge is 0.152 e. The van der Waals surface area contributed by atoms with E-state index < -0.39 is 9.84 Å². The van der Waals surface area contributed by atoms with Gasteiger partial charge in [-0.05, 0) is 24.1 Å². The zero-order valence-electron chi connectivity index (χ0n) is 10.8. The highest BCUT2D eigenvalue weighted by Gasteiger charge is 2.21. The van der Waals surface area contributed by atoms with Gasteiger partial charge in [-0.2, -0.15) is 0 Å². The van der Waals surface area contributed by atoms with Crippen molar-refractivity contribution in [3.05, 3.63) is 35.6 Å². The number of rotatable bonds is 4. The van der Waals surface area contributed by atoms with Gasteiger partial charge in [-0.15, -0.1) is 0 Å². The van der Waals surface area contributed by atoms with E-state index in [9.17, 15) is 12.8 Å². The molecule has 2 rings (SSSR count). The Kier molecular flexibility index (Phi) is 4.54. The number of benzene rings is 1. The second kappa shape index (κ2) is 5.98. The molecule has 0 radical (unpaired) electrons. The fraction of sp³-hybridized carbons (Fsp3) is 0.538. The fourth-order valence-corrected chi connectivity index (χ4v) is 3.48. The first-order chi connectivity index (χ1) is 8.96. The zero-order valence-corrected chi connectivity index (χ0v) is 11.6. The molecule has 6 heteroatoms. The highest BCUT2D eigenvalue weighted by Crippen LogP contribution is 2.16. The standard InChI is InChI=1S/C13H19FN2O2S/c14-12-3-1-2-11(10-12)13(15)4-5-16-6-8-19(17,18)9-7-16/h1-3,10,13H,4-9,15H2. The highest BCUT2D eigenvalue weighted by atomic mass is 32.2. The van der Waals surface area contributed by atoms with E-state index in [1.807, 2.05) is 6.07 Å². The van der Waals surface area contributed by atoms with Crippen LogP contribution in [0, 0.1) is 5.82 Å². The minimum atomic E-state index is -2.83. The van der Waals surface area contributed by atoms with Gasteiger partial charge in [-0.1, -0.05) is 12.1 Å². The van der Waals surface area contributed by atoms with E-state index in [4.69, 9.17) is 5.73 Å². The molecule has 1 heterocycles. The highest BCUT2D eigenvalue weighted by molar-refractivity contribution is 7.91. The largest absolute Gasteiger partial charge is 0.324 e. The Morgan fingerprint density at radius 1 is 1.32 bits per heavy atom. The van der Waals surface area contributed by atoms with Crippen LogP contribution in [0.5, 0.6) is 0 Å². The molecule has 1 aromatic rings. The number of sulfone groups is 1. The molecule has 0 bridgehead atoms. The molecule has 0 amide bonds. The number of nitrogens with zero attached hydrogens (tertiary/aromatic N) is 1. The molecule has 4 nitrogen and oxygen atoms in total. The predicted molar refractivity (Wildman–Crippen MR) is 73.0 cm³/mol. The summed E-state index contributed by atoms with van der Waals surface area (Å²) in [6.07, 6.45) is 0.698. The Labute approximate surface area is 113 Å². The molecule has 2 N–H and O–H groups in total. The van der Waals surface area contributed by atoms with Crippen LogP contribution in [0.2, 0.25) is 0 Å². The van der Waals surface area contributed by atoms with Gasteiger partial charge in [-0.3, -0.25) is 0 Å². The van der Waals surface area contributed by atoms with Crippen LogP contribution in [0.25, 0.3) is 0 Å². The molecule has 19 heavy (non-hydrogen) atoms. The van der Waals surface area contributed by atoms with E-state index >= 15 is 0 Å². The maximum Gasteiger partial charge on any atom is 0.152 e. The van der Waals surface area contributed by atoms with Crippen molar-refractivity contribution < 1.29 is 12.8 Å². The normalized spacial score (nSPS) is 21.2. The lowest BCUT2D eigenvalue weighted by Gasteiger charge is -2.27. The lowest BCUT2D eigenvalue weighted by atomic mass is 10.0. The van der Waals surface area contributed by atoms with Crippen molar-refractivity contribution >= 4 is 9.84 Å². The van der Waals surface area contributed by atoms with E-state index in [0.29, 0.717) is 19.5 Å². The minimum Gasteiger partial charge on any atom is -0.324 e. The summed E-state index contributed by atoms with van der Waals surface area (Å²) in [4.78, 5) is 2.10. The number of halogens is 1. The van der Waals surface area contributed by atoms with Crippen molar-refractivity contribution in [2.24, 2.45) is 5.73 Å². The third-order valence-electron chi connectivity index (χ3n) is 3.47. The first-order valence-electron chi connectivity index (χ1n) is 6.40. The molecule has 106 valence electrons. The van der Waals surface area contributed by atoms with Gasteiger partial charge < -0.3 is 10.6 Å². The fourth-order valence-electron chi connectivity index (χ4n) is 2.20. The Hall–Kier alpha value is -0.980. The van der Waals surface area contributed by atoms with Crippen LogP contribution in [0.15, 0.2) is 24.3 Å². The lowest BCUT2D eigenvalue weighted by Crippen LogP contribution is -2.41. The number of nitrogens with two attached hydrogens (primary N) is 1. The predicted octanol–water partition coefficient (Wildman–Crippen LogP) is 0.946. The molecule has 0 spiro atoms. The van der Waals surface area contributed by atoms with Crippen molar-refractivity contribution in [3.63, 3.8) is 0 Å². The second-order valence-corrected chi connectivity index (χ2v) is 7.25. The molecule has 0 saturated carbocycles. The summed E-state index contributed by atoms with van der Waals surface area (Å²) in [6, 6.07) is 6.10. The Balaban J connectivity index is 1.83. The molecule has 1 saturated heterocycles. The summed E-state index contributed by atoms with van der Waals surface area (Å²) in [5.74, 6) is 0.168. The van der Waals surface area contributed by atoms with Crippen molar-refractivity contribution in [1.82, 2.24) is 4.90 Å². The van der Waals surface area contributed by atoms with Gasteiger partial charge in [0.15, 0.2) is 9.84 Å². The molecular weight excluding hydrogens is 267 g/mol.